The molecule has 0 unspecified atom stereocenters. The normalized spacial score (nSPS) is 16.7. The van der Waals surface area contributed by atoms with Gasteiger partial charge in [0.05, 0.1) is 5.69 Å². The van der Waals surface area contributed by atoms with Gasteiger partial charge in [-0.2, -0.15) is 0 Å². The molecule has 3 rings (SSSR count). The fraction of sp³-hybridized carbons (Fsp3) is 0. The lowest BCUT2D eigenvalue weighted by atomic mass is 10.1. The Bertz CT molecular complexity index is 813. The molecule has 1 heterocycles. The van der Waals surface area contributed by atoms with Gasteiger partial charge < -0.3 is 0 Å². The molecule has 2 aromatic rings. The van der Waals surface area contributed by atoms with Crippen LogP contribution in [0.3, 0.4) is 0 Å². The number of amides is 4. The summed E-state index contributed by atoms with van der Waals surface area (Å²) in [4.78, 5) is 37.2. The van der Waals surface area contributed by atoms with E-state index < -0.39 is 23.7 Å². The molecule has 4 amide bonds. The zero-order valence-electron chi connectivity index (χ0n) is 11.8. The maximum absolute atomic E-state index is 13.0. The van der Waals surface area contributed by atoms with Crippen LogP contribution in [0, 0.1) is 5.82 Å². The van der Waals surface area contributed by atoms with Gasteiger partial charge in [0.2, 0.25) is 0 Å². The summed E-state index contributed by atoms with van der Waals surface area (Å²) in [7, 11) is 0. The van der Waals surface area contributed by atoms with E-state index in [4.69, 9.17) is 0 Å². The smallest absolute Gasteiger partial charge is 0.273 e. The lowest BCUT2D eigenvalue weighted by Crippen LogP contribution is -2.54. The van der Waals surface area contributed by atoms with Crippen molar-refractivity contribution < 1.29 is 18.8 Å². The van der Waals surface area contributed by atoms with Crippen LogP contribution < -0.4 is 10.2 Å². The number of hydrogen-bond donors (Lipinski definition) is 1. The van der Waals surface area contributed by atoms with Gasteiger partial charge in [-0.05, 0) is 35.9 Å². The Kier molecular flexibility index (Phi) is 3.72. The Hall–Kier alpha value is -3.28. The third-order valence-electron chi connectivity index (χ3n) is 3.30. The molecule has 2 aromatic carbocycles. The highest BCUT2D eigenvalue weighted by Crippen LogP contribution is 2.22. The molecule has 1 aliphatic heterocycles. The molecule has 1 aliphatic rings. The van der Waals surface area contributed by atoms with E-state index in [1.807, 2.05) is 0 Å². The minimum atomic E-state index is -0.864. The molecular formula is C17H11FN2O3. The Morgan fingerprint density at radius 2 is 1.57 bits per heavy atom. The van der Waals surface area contributed by atoms with Crippen molar-refractivity contribution in [2.75, 3.05) is 4.90 Å². The van der Waals surface area contributed by atoms with Gasteiger partial charge >= 0.3 is 6.03 Å². The monoisotopic (exact) mass is 310 g/mol. The van der Waals surface area contributed by atoms with Crippen LogP contribution in [0.15, 0.2) is 60.2 Å². The van der Waals surface area contributed by atoms with E-state index in [9.17, 15) is 18.8 Å². The van der Waals surface area contributed by atoms with Crippen LogP contribution >= 0.6 is 0 Å². The summed E-state index contributed by atoms with van der Waals surface area (Å²) in [6.07, 6.45) is 1.40. The first kappa shape index (κ1) is 14.6. The molecule has 0 aromatic heterocycles. The fourth-order valence-electron chi connectivity index (χ4n) is 2.20. The second kappa shape index (κ2) is 5.84. The summed E-state index contributed by atoms with van der Waals surface area (Å²) in [5.41, 5.74) is 0.667. The zero-order valence-corrected chi connectivity index (χ0v) is 11.8. The largest absolute Gasteiger partial charge is 0.335 e. The number of nitrogens with one attached hydrogen (secondary N) is 1. The third kappa shape index (κ3) is 2.87. The number of anilines is 1. The first-order valence-electron chi connectivity index (χ1n) is 6.78. The van der Waals surface area contributed by atoms with Gasteiger partial charge in [0, 0.05) is 0 Å². The lowest BCUT2D eigenvalue weighted by molar-refractivity contribution is -0.122. The maximum atomic E-state index is 13.0. The Morgan fingerprint density at radius 1 is 0.913 bits per heavy atom. The number of carbonyl (C=O) groups is 3. The second-order valence-corrected chi connectivity index (χ2v) is 4.84. The van der Waals surface area contributed by atoms with Crippen molar-refractivity contribution in [2.45, 2.75) is 0 Å². The lowest BCUT2D eigenvalue weighted by Gasteiger charge is -2.26. The standard InChI is InChI=1S/C17H11FN2O3/c18-12-6-8-13(9-7-12)20-16(22)14(15(21)19-17(20)23)10-11-4-2-1-3-5-11/h1-10H,(H,19,21,23)/b14-10+. The number of hydrogen-bond acceptors (Lipinski definition) is 3. The molecular weight excluding hydrogens is 299 g/mol. The number of imide groups is 2. The molecule has 1 fully saturated rings. The SMILES string of the molecule is O=C1NC(=O)N(c2ccc(F)cc2)C(=O)/C1=C/c1ccccc1. The van der Waals surface area contributed by atoms with Gasteiger partial charge in [0.1, 0.15) is 11.4 Å². The maximum Gasteiger partial charge on any atom is 0.335 e. The van der Waals surface area contributed by atoms with E-state index in [1.165, 1.54) is 18.2 Å². The summed E-state index contributed by atoms with van der Waals surface area (Å²) in [6.45, 7) is 0. The number of nitrogens with zero attached hydrogens (tertiary/aromatic N) is 1. The minimum absolute atomic E-state index is 0.167. The van der Waals surface area contributed by atoms with Crippen molar-refractivity contribution >= 4 is 29.6 Å². The van der Waals surface area contributed by atoms with E-state index in [1.54, 1.807) is 30.3 Å². The number of carbonyl (C=O) groups excluding carboxylic acids is 3. The zero-order chi connectivity index (χ0) is 16.4. The summed E-state index contributed by atoms with van der Waals surface area (Å²) < 4.78 is 13.0. The van der Waals surface area contributed by atoms with Gasteiger partial charge in [-0.1, -0.05) is 30.3 Å². The highest BCUT2D eigenvalue weighted by molar-refractivity contribution is 6.39. The average Bonchev–Trinajstić information content (AvgIpc) is 2.54. The number of benzene rings is 2. The van der Waals surface area contributed by atoms with E-state index in [0.29, 0.717) is 5.56 Å². The van der Waals surface area contributed by atoms with Gasteiger partial charge in [-0.15, -0.1) is 0 Å². The Labute approximate surface area is 131 Å². The number of barbiturate groups is 1. The average molecular weight is 310 g/mol. The van der Waals surface area contributed by atoms with E-state index in [2.05, 4.69) is 5.32 Å². The summed E-state index contributed by atoms with van der Waals surface area (Å²) >= 11 is 0. The molecule has 23 heavy (non-hydrogen) atoms. The van der Waals surface area contributed by atoms with Crippen LogP contribution in [0.1, 0.15) is 5.56 Å². The number of halogens is 1. The molecule has 0 aliphatic carbocycles. The number of rotatable bonds is 2. The van der Waals surface area contributed by atoms with Crippen LogP contribution in [0.4, 0.5) is 14.9 Å². The quantitative estimate of drug-likeness (QED) is 0.684. The van der Waals surface area contributed by atoms with Crippen molar-refractivity contribution in [3.8, 4) is 0 Å². The first-order valence-corrected chi connectivity index (χ1v) is 6.78. The summed E-state index contributed by atoms with van der Waals surface area (Å²) in [5.74, 6) is -2.01. The highest BCUT2D eigenvalue weighted by atomic mass is 19.1. The fourth-order valence-corrected chi connectivity index (χ4v) is 2.20. The first-order chi connectivity index (χ1) is 11.1. The molecule has 1 saturated heterocycles. The number of urea groups is 1. The molecule has 6 heteroatoms. The highest BCUT2D eigenvalue weighted by Gasteiger charge is 2.36. The van der Waals surface area contributed by atoms with Crippen LogP contribution in [0.2, 0.25) is 0 Å². The van der Waals surface area contributed by atoms with Gasteiger partial charge in [-0.3, -0.25) is 14.9 Å². The topological polar surface area (TPSA) is 66.5 Å². The van der Waals surface area contributed by atoms with Crippen molar-refractivity contribution in [1.29, 1.82) is 0 Å². The summed E-state index contributed by atoms with van der Waals surface area (Å²) in [6, 6.07) is 12.8. The molecule has 0 saturated carbocycles. The molecule has 0 atom stereocenters. The van der Waals surface area contributed by atoms with Crippen LogP contribution in [-0.2, 0) is 9.59 Å². The third-order valence-corrected chi connectivity index (χ3v) is 3.30. The van der Waals surface area contributed by atoms with Crippen LogP contribution in [0.5, 0.6) is 0 Å². The van der Waals surface area contributed by atoms with Gasteiger partial charge in [0.25, 0.3) is 11.8 Å². The molecule has 1 N–H and O–H groups in total. The van der Waals surface area contributed by atoms with Crippen molar-refractivity contribution in [2.24, 2.45) is 0 Å². The predicted molar refractivity (Wildman–Crippen MR) is 81.8 cm³/mol. The van der Waals surface area contributed by atoms with Crippen molar-refractivity contribution in [3.63, 3.8) is 0 Å². The predicted octanol–water partition coefficient (Wildman–Crippen LogP) is 2.49. The van der Waals surface area contributed by atoms with Gasteiger partial charge in [-0.25, -0.2) is 14.1 Å². The van der Waals surface area contributed by atoms with Crippen molar-refractivity contribution in [1.82, 2.24) is 5.32 Å². The Balaban J connectivity index is 2.01. The molecule has 0 bridgehead atoms. The Morgan fingerprint density at radius 3 is 2.22 bits per heavy atom. The molecule has 0 spiro atoms. The molecule has 5 nitrogen and oxygen atoms in total. The van der Waals surface area contributed by atoms with Crippen LogP contribution in [-0.4, -0.2) is 17.8 Å². The van der Waals surface area contributed by atoms with Crippen molar-refractivity contribution in [3.05, 3.63) is 71.6 Å². The second-order valence-electron chi connectivity index (χ2n) is 4.84. The van der Waals surface area contributed by atoms with Gasteiger partial charge in [0.15, 0.2) is 0 Å². The van der Waals surface area contributed by atoms with E-state index >= 15 is 0 Å². The summed E-state index contributed by atoms with van der Waals surface area (Å²) in [5, 5.41) is 2.11. The van der Waals surface area contributed by atoms with E-state index in [-0.39, 0.29) is 11.3 Å². The van der Waals surface area contributed by atoms with Crippen LogP contribution in [0.25, 0.3) is 6.08 Å². The molecule has 0 radical (unpaired) electrons. The molecule has 114 valence electrons. The van der Waals surface area contributed by atoms with E-state index in [0.717, 1.165) is 17.0 Å². The minimum Gasteiger partial charge on any atom is -0.273 e.